The summed E-state index contributed by atoms with van der Waals surface area (Å²) in [6.45, 7) is 1.43. The first-order valence-electron chi connectivity index (χ1n) is 5.70. The fourth-order valence-corrected chi connectivity index (χ4v) is 2.15. The second-order valence-electron chi connectivity index (χ2n) is 4.02. The monoisotopic (exact) mass is 293 g/mol. The minimum atomic E-state index is -1.05. The molecule has 1 unspecified atom stereocenters. The lowest BCUT2D eigenvalue weighted by Gasteiger charge is -2.10. The molecule has 0 aliphatic carbocycles. The molecule has 0 bridgehead atoms. The molecule has 2 N–H and O–H groups in total. The van der Waals surface area contributed by atoms with Crippen LogP contribution < -0.4 is 10.1 Å². The maximum absolute atomic E-state index is 11.4. The summed E-state index contributed by atoms with van der Waals surface area (Å²) >= 11 is 0.840. The average Bonchev–Trinajstić information content (AvgIpc) is 2.70. The Morgan fingerprint density at radius 2 is 2.00 bits per heavy atom. The molecule has 0 saturated carbocycles. The van der Waals surface area contributed by atoms with Crippen LogP contribution in [0.3, 0.4) is 0 Å². The third-order valence-electron chi connectivity index (χ3n) is 2.48. The molecule has 0 spiro atoms. The molecule has 1 aromatic carbocycles. The van der Waals surface area contributed by atoms with Crippen molar-refractivity contribution in [1.82, 2.24) is 5.32 Å². The molecule has 2 rings (SSSR count). The minimum absolute atomic E-state index is 0.322. The zero-order valence-corrected chi connectivity index (χ0v) is 11.3. The van der Waals surface area contributed by atoms with Gasteiger partial charge in [0, 0.05) is 0 Å². The van der Waals surface area contributed by atoms with Gasteiger partial charge in [-0.2, -0.15) is 0 Å². The van der Waals surface area contributed by atoms with Crippen molar-refractivity contribution in [3.63, 3.8) is 0 Å². The van der Waals surface area contributed by atoms with Gasteiger partial charge in [-0.05, 0) is 42.5 Å². The van der Waals surface area contributed by atoms with Gasteiger partial charge in [-0.3, -0.25) is 14.9 Å². The van der Waals surface area contributed by atoms with Gasteiger partial charge in [0.25, 0.3) is 11.1 Å². The molecule has 104 valence electrons. The number of carboxylic acid groups (broad SMARTS) is 1. The number of amides is 2. The fraction of sp³-hybridized carbons (Fsp3) is 0.154. The van der Waals surface area contributed by atoms with Gasteiger partial charge in [0.05, 0.1) is 4.91 Å². The molecule has 1 heterocycles. The van der Waals surface area contributed by atoms with E-state index in [2.05, 4.69) is 5.32 Å². The van der Waals surface area contributed by atoms with Gasteiger partial charge in [0.15, 0.2) is 6.10 Å². The van der Waals surface area contributed by atoms with Crippen LogP contribution in [-0.2, 0) is 9.59 Å². The molecule has 1 saturated heterocycles. The van der Waals surface area contributed by atoms with E-state index in [1.54, 1.807) is 30.3 Å². The number of carbonyl (C=O) groups is 3. The SMILES string of the molecule is CC(Oc1ccc(C=C2SC(=O)NC2=O)cc1)C(=O)O. The summed E-state index contributed by atoms with van der Waals surface area (Å²) < 4.78 is 5.18. The molecule has 20 heavy (non-hydrogen) atoms. The molecule has 2 amide bonds. The fourth-order valence-electron chi connectivity index (χ4n) is 1.47. The maximum atomic E-state index is 11.4. The molecule has 6 nitrogen and oxygen atoms in total. The van der Waals surface area contributed by atoms with Crippen LogP contribution in [0.25, 0.3) is 6.08 Å². The van der Waals surface area contributed by atoms with Crippen molar-refractivity contribution in [2.24, 2.45) is 0 Å². The van der Waals surface area contributed by atoms with Crippen LogP contribution in [0.4, 0.5) is 4.79 Å². The Morgan fingerprint density at radius 1 is 1.35 bits per heavy atom. The zero-order valence-electron chi connectivity index (χ0n) is 10.5. The number of nitrogens with one attached hydrogen (secondary N) is 1. The third-order valence-corrected chi connectivity index (χ3v) is 3.29. The summed E-state index contributed by atoms with van der Waals surface area (Å²) in [6.07, 6.45) is 0.642. The van der Waals surface area contributed by atoms with Crippen LogP contribution in [0.2, 0.25) is 0 Å². The molecule has 1 aromatic rings. The highest BCUT2D eigenvalue weighted by molar-refractivity contribution is 8.18. The highest BCUT2D eigenvalue weighted by Crippen LogP contribution is 2.26. The van der Waals surface area contributed by atoms with Gasteiger partial charge >= 0.3 is 5.97 Å². The van der Waals surface area contributed by atoms with Crippen LogP contribution in [0.15, 0.2) is 29.2 Å². The number of ether oxygens (including phenoxy) is 1. The smallest absolute Gasteiger partial charge is 0.344 e. The van der Waals surface area contributed by atoms with Crippen molar-refractivity contribution in [3.05, 3.63) is 34.7 Å². The Labute approximate surface area is 118 Å². The summed E-state index contributed by atoms with van der Waals surface area (Å²) in [5.74, 6) is -1.05. The van der Waals surface area contributed by atoms with Gasteiger partial charge in [-0.15, -0.1) is 0 Å². The van der Waals surface area contributed by atoms with Gasteiger partial charge in [0.1, 0.15) is 5.75 Å². The van der Waals surface area contributed by atoms with Crippen molar-refractivity contribution in [3.8, 4) is 5.75 Å². The van der Waals surface area contributed by atoms with Gasteiger partial charge in [0.2, 0.25) is 0 Å². The van der Waals surface area contributed by atoms with Gasteiger partial charge in [-0.25, -0.2) is 4.79 Å². The Balaban J connectivity index is 2.09. The van der Waals surface area contributed by atoms with Crippen molar-refractivity contribution in [1.29, 1.82) is 0 Å². The molecular formula is C13H11NO5S. The van der Waals surface area contributed by atoms with Crippen molar-refractivity contribution in [2.75, 3.05) is 0 Å². The Hall–Kier alpha value is -2.28. The van der Waals surface area contributed by atoms with Crippen LogP contribution >= 0.6 is 11.8 Å². The average molecular weight is 293 g/mol. The first-order chi connectivity index (χ1) is 9.45. The maximum Gasteiger partial charge on any atom is 0.344 e. The number of aliphatic carboxylic acids is 1. The second kappa shape index (κ2) is 5.79. The quantitative estimate of drug-likeness (QED) is 0.823. The Morgan fingerprint density at radius 3 is 2.50 bits per heavy atom. The predicted octanol–water partition coefficient (Wildman–Crippen LogP) is 1.86. The molecule has 7 heteroatoms. The molecule has 0 aromatic heterocycles. The second-order valence-corrected chi connectivity index (χ2v) is 5.03. The first kappa shape index (κ1) is 14.1. The molecule has 1 aliphatic rings. The van der Waals surface area contributed by atoms with E-state index >= 15 is 0 Å². The summed E-state index contributed by atoms with van der Waals surface area (Å²) in [7, 11) is 0. The van der Waals surface area contributed by atoms with E-state index < -0.39 is 23.2 Å². The number of rotatable bonds is 4. The summed E-state index contributed by atoms with van der Waals surface area (Å²) in [6, 6.07) is 6.55. The number of carboxylic acids is 1. The Bertz CT molecular complexity index is 593. The van der Waals surface area contributed by atoms with Crippen molar-refractivity contribution >= 4 is 35.0 Å². The lowest BCUT2D eigenvalue weighted by Crippen LogP contribution is -2.22. The standard InChI is InChI=1S/C13H11NO5S/c1-7(12(16)17)19-9-4-2-8(3-5-9)6-10-11(15)14-13(18)20-10/h2-7H,1H3,(H,16,17)(H,14,15,18). The molecular weight excluding hydrogens is 282 g/mol. The molecule has 1 fully saturated rings. The van der Waals surface area contributed by atoms with E-state index in [0.29, 0.717) is 16.2 Å². The highest BCUT2D eigenvalue weighted by Gasteiger charge is 2.24. The van der Waals surface area contributed by atoms with Crippen molar-refractivity contribution < 1.29 is 24.2 Å². The normalized spacial score (nSPS) is 17.9. The number of thioether (sulfide) groups is 1. The number of imide groups is 1. The molecule has 0 radical (unpaired) electrons. The Kier molecular flexibility index (Phi) is 4.09. The highest BCUT2D eigenvalue weighted by atomic mass is 32.2. The zero-order chi connectivity index (χ0) is 14.7. The van der Waals surface area contributed by atoms with E-state index in [1.165, 1.54) is 6.92 Å². The number of hydrogen-bond acceptors (Lipinski definition) is 5. The van der Waals surface area contributed by atoms with Crippen LogP contribution in [0.5, 0.6) is 5.75 Å². The van der Waals surface area contributed by atoms with E-state index in [4.69, 9.17) is 9.84 Å². The predicted molar refractivity (Wildman–Crippen MR) is 73.3 cm³/mol. The van der Waals surface area contributed by atoms with Crippen molar-refractivity contribution in [2.45, 2.75) is 13.0 Å². The van der Waals surface area contributed by atoms with Crippen LogP contribution in [0.1, 0.15) is 12.5 Å². The van der Waals surface area contributed by atoms with Crippen LogP contribution in [-0.4, -0.2) is 28.3 Å². The lowest BCUT2D eigenvalue weighted by atomic mass is 10.2. The summed E-state index contributed by atoms with van der Waals surface area (Å²) in [4.78, 5) is 33.3. The molecule has 1 aliphatic heterocycles. The summed E-state index contributed by atoms with van der Waals surface area (Å²) in [5.41, 5.74) is 0.715. The third kappa shape index (κ3) is 3.39. The number of carbonyl (C=O) groups excluding carboxylic acids is 2. The van der Waals surface area contributed by atoms with E-state index in [-0.39, 0.29) is 0 Å². The summed E-state index contributed by atoms with van der Waals surface area (Å²) in [5, 5.41) is 10.5. The number of hydrogen-bond donors (Lipinski definition) is 2. The van der Waals surface area contributed by atoms with Crippen LogP contribution in [0, 0.1) is 0 Å². The topological polar surface area (TPSA) is 92.7 Å². The van der Waals surface area contributed by atoms with E-state index in [9.17, 15) is 14.4 Å². The van der Waals surface area contributed by atoms with Gasteiger partial charge < -0.3 is 9.84 Å². The minimum Gasteiger partial charge on any atom is -0.479 e. The lowest BCUT2D eigenvalue weighted by molar-refractivity contribution is -0.144. The van der Waals surface area contributed by atoms with E-state index in [0.717, 1.165) is 11.8 Å². The number of benzene rings is 1. The van der Waals surface area contributed by atoms with E-state index in [1.807, 2.05) is 0 Å². The largest absolute Gasteiger partial charge is 0.479 e. The molecule has 1 atom stereocenters. The first-order valence-corrected chi connectivity index (χ1v) is 6.52. The van der Waals surface area contributed by atoms with Gasteiger partial charge in [-0.1, -0.05) is 12.1 Å².